The van der Waals surface area contributed by atoms with E-state index >= 15 is 0 Å². The van der Waals surface area contributed by atoms with Gasteiger partial charge < -0.3 is 14.5 Å². The molecule has 0 saturated carbocycles. The number of rotatable bonds is 6. The van der Waals surface area contributed by atoms with Gasteiger partial charge in [-0.05, 0) is 48.9 Å². The van der Waals surface area contributed by atoms with Crippen LogP contribution in [0.1, 0.15) is 28.6 Å². The first-order chi connectivity index (χ1) is 14.4. The lowest BCUT2D eigenvalue weighted by atomic mass is 10.1. The molecule has 0 atom stereocenters. The van der Waals surface area contributed by atoms with Crippen LogP contribution in [0, 0.1) is 11.3 Å². The molecule has 152 valence electrons. The van der Waals surface area contributed by atoms with Gasteiger partial charge in [-0.15, -0.1) is 0 Å². The molecule has 0 spiro atoms. The molecule has 0 amide bonds. The van der Waals surface area contributed by atoms with Crippen LogP contribution in [0.15, 0.2) is 57.4 Å². The molecule has 0 aliphatic heterocycles. The van der Waals surface area contributed by atoms with Crippen LogP contribution in [0.3, 0.4) is 0 Å². The molecule has 0 aliphatic carbocycles. The van der Waals surface area contributed by atoms with Crippen LogP contribution < -0.4 is 5.32 Å². The molecule has 3 aromatic rings. The van der Waals surface area contributed by atoms with E-state index in [1.54, 1.807) is 43.3 Å². The maximum Gasteiger partial charge on any atom is 0.345 e. The number of ether oxygens (including phenoxy) is 1. The molecule has 0 radical (unpaired) electrons. The minimum Gasteiger partial charge on any atom is -0.462 e. The van der Waals surface area contributed by atoms with Gasteiger partial charge >= 0.3 is 5.97 Å². The molecule has 5 nitrogen and oxygen atoms in total. The number of halogens is 3. The number of nitriles is 1. The predicted octanol–water partition coefficient (Wildman–Crippen LogP) is 7.33. The van der Waals surface area contributed by atoms with Crippen molar-refractivity contribution < 1.29 is 13.9 Å². The molecule has 3 rings (SSSR count). The molecule has 0 aliphatic rings. The fraction of sp³-hybridized carbons (Fsp3) is 0.0909. The van der Waals surface area contributed by atoms with E-state index in [4.69, 9.17) is 32.4 Å². The van der Waals surface area contributed by atoms with Crippen molar-refractivity contribution in [3.05, 3.63) is 79.9 Å². The van der Waals surface area contributed by atoms with Crippen molar-refractivity contribution in [3.63, 3.8) is 0 Å². The average molecular weight is 506 g/mol. The smallest absolute Gasteiger partial charge is 0.345 e. The zero-order valence-electron chi connectivity index (χ0n) is 15.7. The molecule has 0 saturated heterocycles. The third kappa shape index (κ3) is 5.06. The monoisotopic (exact) mass is 504 g/mol. The van der Waals surface area contributed by atoms with Gasteiger partial charge in [-0.25, -0.2) is 4.79 Å². The van der Waals surface area contributed by atoms with Gasteiger partial charge in [0.1, 0.15) is 16.3 Å². The second-order valence-electron chi connectivity index (χ2n) is 6.01. The number of anilines is 2. The minimum atomic E-state index is -0.635. The zero-order valence-corrected chi connectivity index (χ0v) is 18.8. The molecule has 0 unspecified atom stereocenters. The number of nitrogens with zero attached hydrogens (tertiary/aromatic N) is 1. The van der Waals surface area contributed by atoms with Crippen molar-refractivity contribution in [2.75, 3.05) is 11.9 Å². The summed E-state index contributed by atoms with van der Waals surface area (Å²) < 4.78 is 11.8. The van der Waals surface area contributed by atoms with Gasteiger partial charge in [0, 0.05) is 21.3 Å². The Hall–Kier alpha value is -2.72. The number of carbonyl (C=O) groups is 1. The van der Waals surface area contributed by atoms with Crippen molar-refractivity contribution in [1.29, 1.82) is 5.26 Å². The maximum atomic E-state index is 12.5. The second-order valence-corrected chi connectivity index (χ2v) is 7.74. The Labute approximate surface area is 192 Å². The SMILES string of the molecule is CCOC(=O)c1c(Nc2ccc(Cl)cc2)oc(/C=C(\C#N)c2ccc(Br)cc2)c1Cl. The molecule has 2 aromatic carbocycles. The molecular formula is C22H15BrCl2N2O3. The summed E-state index contributed by atoms with van der Waals surface area (Å²) in [6.07, 6.45) is 1.49. The van der Waals surface area contributed by atoms with Crippen LogP contribution in [0.4, 0.5) is 11.6 Å². The summed E-state index contributed by atoms with van der Waals surface area (Å²) in [5, 5.41) is 13.2. The van der Waals surface area contributed by atoms with Crippen molar-refractivity contribution in [2.45, 2.75) is 6.92 Å². The van der Waals surface area contributed by atoms with Crippen molar-refractivity contribution >= 4 is 68.3 Å². The molecule has 1 heterocycles. The zero-order chi connectivity index (χ0) is 21.7. The van der Waals surface area contributed by atoms with Crippen LogP contribution in [-0.2, 0) is 4.74 Å². The first-order valence-electron chi connectivity index (χ1n) is 8.82. The van der Waals surface area contributed by atoms with Gasteiger partial charge in [0.2, 0.25) is 5.88 Å². The summed E-state index contributed by atoms with van der Waals surface area (Å²) in [7, 11) is 0. The van der Waals surface area contributed by atoms with E-state index in [1.165, 1.54) is 6.08 Å². The first-order valence-corrected chi connectivity index (χ1v) is 10.4. The number of hydrogen-bond acceptors (Lipinski definition) is 5. The standard InChI is InChI=1S/C22H15BrCl2N2O3/c1-2-29-22(28)19-20(25)18(11-14(12-26)13-3-5-15(23)6-4-13)30-21(19)27-17-9-7-16(24)8-10-17/h3-11,27H,2H2,1H3/b14-11+. The highest BCUT2D eigenvalue weighted by molar-refractivity contribution is 9.10. The molecule has 1 N–H and O–H groups in total. The Morgan fingerprint density at radius 3 is 2.47 bits per heavy atom. The van der Waals surface area contributed by atoms with E-state index in [0.717, 1.165) is 4.47 Å². The van der Waals surface area contributed by atoms with Crippen LogP contribution in [0.5, 0.6) is 0 Å². The van der Waals surface area contributed by atoms with E-state index in [1.807, 2.05) is 12.1 Å². The Morgan fingerprint density at radius 2 is 1.87 bits per heavy atom. The number of esters is 1. The van der Waals surface area contributed by atoms with E-state index in [-0.39, 0.29) is 28.8 Å². The molecular weight excluding hydrogens is 491 g/mol. The number of nitrogens with one attached hydrogen (secondary N) is 1. The first kappa shape index (κ1) is 22.0. The third-order valence-corrected chi connectivity index (χ3v) is 5.16. The van der Waals surface area contributed by atoms with E-state index < -0.39 is 5.97 Å². The highest BCUT2D eigenvalue weighted by Crippen LogP contribution is 2.36. The summed E-state index contributed by atoms with van der Waals surface area (Å²) in [6, 6.07) is 16.2. The van der Waals surface area contributed by atoms with Crippen molar-refractivity contribution in [3.8, 4) is 6.07 Å². The lowest BCUT2D eigenvalue weighted by Crippen LogP contribution is -2.06. The minimum absolute atomic E-state index is 0.0489. The average Bonchev–Trinajstić information content (AvgIpc) is 3.03. The maximum absolute atomic E-state index is 12.5. The molecule has 8 heteroatoms. The fourth-order valence-corrected chi connectivity index (χ4v) is 3.25. The van der Waals surface area contributed by atoms with Crippen LogP contribution in [0.25, 0.3) is 11.6 Å². The van der Waals surface area contributed by atoms with Gasteiger partial charge in [0.05, 0.1) is 18.2 Å². The Balaban J connectivity index is 2.06. The lowest BCUT2D eigenvalue weighted by Gasteiger charge is -2.06. The molecule has 1 aromatic heterocycles. The van der Waals surface area contributed by atoms with Gasteiger partial charge in [-0.2, -0.15) is 5.26 Å². The quantitative estimate of drug-likeness (QED) is 0.280. The number of allylic oxidation sites excluding steroid dienone is 1. The van der Waals surface area contributed by atoms with Gasteiger partial charge in [-0.1, -0.05) is 51.3 Å². The van der Waals surface area contributed by atoms with Crippen molar-refractivity contribution in [2.24, 2.45) is 0 Å². The number of carbonyl (C=O) groups excluding carboxylic acids is 1. The number of hydrogen-bond donors (Lipinski definition) is 1. The Kier molecular flexibility index (Phi) is 7.22. The molecule has 0 fully saturated rings. The fourth-order valence-electron chi connectivity index (χ4n) is 2.60. The van der Waals surface area contributed by atoms with Crippen LogP contribution in [0.2, 0.25) is 10.0 Å². The predicted molar refractivity (Wildman–Crippen MR) is 122 cm³/mol. The summed E-state index contributed by atoms with van der Waals surface area (Å²) >= 11 is 15.7. The highest BCUT2D eigenvalue weighted by Gasteiger charge is 2.26. The number of benzene rings is 2. The van der Waals surface area contributed by atoms with E-state index in [2.05, 4.69) is 27.3 Å². The largest absolute Gasteiger partial charge is 0.462 e. The van der Waals surface area contributed by atoms with Gasteiger partial charge in [0.15, 0.2) is 0 Å². The third-order valence-electron chi connectivity index (χ3n) is 4.01. The Morgan fingerprint density at radius 1 is 1.20 bits per heavy atom. The summed E-state index contributed by atoms with van der Waals surface area (Å²) in [6.45, 7) is 1.87. The summed E-state index contributed by atoms with van der Waals surface area (Å²) in [5.74, 6) is -0.361. The molecule has 0 bridgehead atoms. The number of furan rings is 1. The van der Waals surface area contributed by atoms with E-state index in [0.29, 0.717) is 21.8 Å². The normalized spacial score (nSPS) is 11.1. The summed E-state index contributed by atoms with van der Waals surface area (Å²) in [4.78, 5) is 12.5. The van der Waals surface area contributed by atoms with Crippen LogP contribution >= 0.6 is 39.1 Å². The highest BCUT2D eigenvalue weighted by atomic mass is 79.9. The second kappa shape index (κ2) is 9.86. The van der Waals surface area contributed by atoms with E-state index in [9.17, 15) is 10.1 Å². The topological polar surface area (TPSA) is 75.3 Å². The van der Waals surface area contributed by atoms with Crippen molar-refractivity contribution in [1.82, 2.24) is 0 Å². The van der Waals surface area contributed by atoms with Gasteiger partial charge in [-0.3, -0.25) is 0 Å². The molecule has 30 heavy (non-hydrogen) atoms. The van der Waals surface area contributed by atoms with Crippen LogP contribution in [-0.4, -0.2) is 12.6 Å². The summed E-state index contributed by atoms with van der Waals surface area (Å²) in [5.41, 5.74) is 1.69. The van der Waals surface area contributed by atoms with Gasteiger partial charge in [0.25, 0.3) is 0 Å². The Bertz CT molecular complexity index is 1130. The lowest BCUT2D eigenvalue weighted by molar-refractivity contribution is 0.0527.